The number of nitrogens with zero attached hydrogens (tertiary/aromatic N) is 3. The number of nitrogens with one attached hydrogen (secondary N) is 2. The molecule has 8 heteroatoms. The molecule has 28 heavy (non-hydrogen) atoms. The summed E-state index contributed by atoms with van der Waals surface area (Å²) in [5, 5.41) is 6.05. The lowest BCUT2D eigenvalue weighted by Gasteiger charge is -2.10. The van der Waals surface area contributed by atoms with Crippen LogP contribution in [0.2, 0.25) is 0 Å². The van der Waals surface area contributed by atoms with Crippen molar-refractivity contribution >= 4 is 34.4 Å². The first-order valence-corrected chi connectivity index (χ1v) is 9.27. The zero-order valence-electron chi connectivity index (χ0n) is 16.0. The Labute approximate surface area is 163 Å². The smallest absolute Gasteiger partial charge is 0.224 e. The molecule has 0 fully saturated rings. The van der Waals surface area contributed by atoms with Crippen LogP contribution in [0.1, 0.15) is 20.3 Å². The molecule has 0 bridgehead atoms. The molecule has 4 N–H and O–H groups in total. The Morgan fingerprint density at radius 2 is 1.86 bits per heavy atom. The third-order valence-corrected chi connectivity index (χ3v) is 4.09. The second-order valence-corrected chi connectivity index (χ2v) is 6.10. The molecule has 0 spiro atoms. The Bertz CT molecular complexity index is 959. The van der Waals surface area contributed by atoms with Crippen LogP contribution < -0.4 is 16.4 Å². The highest BCUT2D eigenvalue weighted by atomic mass is 16.5. The van der Waals surface area contributed by atoms with Crippen molar-refractivity contribution < 1.29 is 9.53 Å². The van der Waals surface area contributed by atoms with E-state index in [2.05, 4.69) is 20.6 Å². The fourth-order valence-corrected chi connectivity index (χ4v) is 2.68. The van der Waals surface area contributed by atoms with E-state index in [1.165, 1.54) is 0 Å². The maximum absolute atomic E-state index is 11.5. The lowest BCUT2D eigenvalue weighted by atomic mass is 10.1. The van der Waals surface area contributed by atoms with E-state index in [1.807, 2.05) is 50.2 Å². The van der Waals surface area contributed by atoms with Crippen LogP contribution in [0, 0.1) is 0 Å². The van der Waals surface area contributed by atoms with E-state index >= 15 is 0 Å². The molecule has 2 aromatic heterocycles. The monoisotopic (exact) mass is 380 g/mol. The van der Waals surface area contributed by atoms with Crippen LogP contribution in [0.4, 0.5) is 17.5 Å². The number of pyridine rings is 1. The van der Waals surface area contributed by atoms with Gasteiger partial charge >= 0.3 is 0 Å². The fourth-order valence-electron chi connectivity index (χ4n) is 2.68. The number of fused-ring (bicyclic) bond motifs is 1. The number of nitrogen functional groups attached to an aromatic ring is 1. The third-order valence-electron chi connectivity index (χ3n) is 4.09. The van der Waals surface area contributed by atoms with Gasteiger partial charge in [-0.1, -0.05) is 19.1 Å². The average Bonchev–Trinajstić information content (AvgIpc) is 2.71. The predicted octanol–water partition coefficient (Wildman–Crippen LogP) is 3.07. The largest absolute Gasteiger partial charge is 0.380 e. The van der Waals surface area contributed by atoms with Gasteiger partial charge in [0.05, 0.1) is 17.8 Å². The van der Waals surface area contributed by atoms with Gasteiger partial charge in [0.25, 0.3) is 0 Å². The highest BCUT2D eigenvalue weighted by Crippen LogP contribution is 2.25. The van der Waals surface area contributed by atoms with Crippen LogP contribution >= 0.6 is 0 Å². The maximum atomic E-state index is 11.5. The molecule has 0 saturated carbocycles. The van der Waals surface area contributed by atoms with Crippen molar-refractivity contribution in [3.05, 3.63) is 36.4 Å². The van der Waals surface area contributed by atoms with Gasteiger partial charge in [0.1, 0.15) is 5.52 Å². The minimum atomic E-state index is -0.0194. The lowest BCUT2D eigenvalue weighted by molar-refractivity contribution is -0.115. The first kappa shape index (κ1) is 19.5. The average molecular weight is 380 g/mol. The molecule has 3 rings (SSSR count). The number of benzene rings is 1. The Morgan fingerprint density at radius 1 is 1.07 bits per heavy atom. The number of nitrogens with two attached hydrogens (primary N) is 1. The minimum absolute atomic E-state index is 0.0194. The van der Waals surface area contributed by atoms with Crippen LogP contribution in [-0.4, -0.2) is 40.6 Å². The van der Waals surface area contributed by atoms with E-state index in [4.69, 9.17) is 15.5 Å². The molecule has 0 aliphatic heterocycles. The van der Waals surface area contributed by atoms with Crippen molar-refractivity contribution in [2.45, 2.75) is 20.3 Å². The third kappa shape index (κ3) is 4.72. The molecule has 1 amide bonds. The molecule has 2 heterocycles. The molecule has 0 aliphatic carbocycles. The van der Waals surface area contributed by atoms with Crippen LogP contribution in [0.25, 0.3) is 22.3 Å². The molecule has 146 valence electrons. The lowest BCUT2D eigenvalue weighted by Crippen LogP contribution is -2.12. The zero-order chi connectivity index (χ0) is 19.9. The van der Waals surface area contributed by atoms with Crippen molar-refractivity contribution in [1.82, 2.24) is 15.0 Å². The number of aromatic nitrogens is 3. The minimum Gasteiger partial charge on any atom is -0.380 e. The summed E-state index contributed by atoms with van der Waals surface area (Å²) in [5.74, 6) is 0.752. The second-order valence-electron chi connectivity index (χ2n) is 6.10. The van der Waals surface area contributed by atoms with E-state index < -0.39 is 0 Å². The molecule has 0 aliphatic rings. The number of ether oxygens (including phenoxy) is 1. The molecule has 8 nitrogen and oxygen atoms in total. The summed E-state index contributed by atoms with van der Waals surface area (Å²) in [6, 6.07) is 11.3. The number of amides is 1. The van der Waals surface area contributed by atoms with E-state index in [1.54, 1.807) is 0 Å². The van der Waals surface area contributed by atoms with Gasteiger partial charge < -0.3 is 21.1 Å². The van der Waals surface area contributed by atoms with E-state index in [-0.39, 0.29) is 11.9 Å². The number of carbonyl (C=O) groups excluding carboxylic acids is 1. The maximum Gasteiger partial charge on any atom is 0.224 e. The van der Waals surface area contributed by atoms with Gasteiger partial charge in [-0.3, -0.25) is 4.79 Å². The number of hydrogen-bond donors (Lipinski definition) is 3. The van der Waals surface area contributed by atoms with E-state index in [0.29, 0.717) is 43.0 Å². The summed E-state index contributed by atoms with van der Waals surface area (Å²) < 4.78 is 5.35. The van der Waals surface area contributed by atoms with Crippen LogP contribution in [0.15, 0.2) is 36.4 Å². The summed E-state index contributed by atoms with van der Waals surface area (Å²) in [5.41, 5.74) is 9.59. The summed E-state index contributed by atoms with van der Waals surface area (Å²) in [7, 11) is 0. The van der Waals surface area contributed by atoms with Gasteiger partial charge in [-0.25, -0.2) is 9.97 Å². The Balaban J connectivity index is 1.88. The first-order valence-electron chi connectivity index (χ1n) is 9.27. The first-order chi connectivity index (χ1) is 13.6. The summed E-state index contributed by atoms with van der Waals surface area (Å²) in [6.45, 7) is 5.58. The normalized spacial score (nSPS) is 10.8. The number of hydrogen-bond acceptors (Lipinski definition) is 7. The highest BCUT2D eigenvalue weighted by Gasteiger charge is 2.10. The Hall–Kier alpha value is -3.26. The van der Waals surface area contributed by atoms with Crippen LogP contribution in [0.5, 0.6) is 0 Å². The Kier molecular flexibility index (Phi) is 6.33. The second kappa shape index (κ2) is 9.09. The quantitative estimate of drug-likeness (QED) is 0.514. The van der Waals surface area contributed by atoms with Gasteiger partial charge in [-0.05, 0) is 31.2 Å². The molecule has 0 radical (unpaired) electrons. The van der Waals surface area contributed by atoms with Crippen molar-refractivity contribution in [1.29, 1.82) is 0 Å². The van der Waals surface area contributed by atoms with Gasteiger partial charge in [-0.15, -0.1) is 0 Å². The highest BCUT2D eigenvalue weighted by molar-refractivity contribution is 5.91. The molecule has 0 saturated heterocycles. The van der Waals surface area contributed by atoms with E-state index in [9.17, 15) is 4.79 Å². The summed E-state index contributed by atoms with van der Waals surface area (Å²) in [4.78, 5) is 24.8. The van der Waals surface area contributed by atoms with Crippen molar-refractivity contribution in [3.63, 3.8) is 0 Å². The van der Waals surface area contributed by atoms with Crippen LogP contribution in [0.3, 0.4) is 0 Å². The van der Waals surface area contributed by atoms with Crippen molar-refractivity contribution in [2.24, 2.45) is 0 Å². The van der Waals surface area contributed by atoms with Gasteiger partial charge in [0.2, 0.25) is 11.9 Å². The predicted molar refractivity (Wildman–Crippen MR) is 111 cm³/mol. The van der Waals surface area contributed by atoms with Gasteiger partial charge in [0, 0.05) is 30.8 Å². The number of carbonyl (C=O) groups is 1. The summed E-state index contributed by atoms with van der Waals surface area (Å²) >= 11 is 0. The molecule has 3 aromatic rings. The Morgan fingerprint density at radius 3 is 2.57 bits per heavy atom. The number of anilines is 3. The molecular formula is C20H24N6O2. The van der Waals surface area contributed by atoms with Gasteiger partial charge in [-0.2, -0.15) is 4.98 Å². The molecule has 0 atom stereocenters. The molecule has 0 unspecified atom stereocenters. The van der Waals surface area contributed by atoms with Gasteiger partial charge in [0.15, 0.2) is 5.82 Å². The molecular weight excluding hydrogens is 356 g/mol. The fraction of sp³-hybridized carbons (Fsp3) is 0.300. The zero-order valence-corrected chi connectivity index (χ0v) is 16.0. The molecule has 1 aromatic carbocycles. The topological polar surface area (TPSA) is 115 Å². The SMILES string of the molecule is CCOCCNc1nc(N)nc2ccc(-c3ccc(NC(=O)CC)cc3)nc12. The summed E-state index contributed by atoms with van der Waals surface area (Å²) in [6.07, 6.45) is 0.441. The standard InChI is InChI=1S/C20H24N6O2/c1-3-17(27)23-14-7-5-13(6-8-14)15-9-10-16-18(24-15)19(26-20(21)25-16)22-11-12-28-4-2/h5-10H,3-4,11-12H2,1-2H3,(H,23,27)(H3,21,22,25,26). The number of rotatable bonds is 8. The van der Waals surface area contributed by atoms with Crippen molar-refractivity contribution in [2.75, 3.05) is 36.1 Å². The van der Waals surface area contributed by atoms with Crippen LogP contribution in [-0.2, 0) is 9.53 Å². The van der Waals surface area contributed by atoms with Crippen molar-refractivity contribution in [3.8, 4) is 11.3 Å². The van der Waals surface area contributed by atoms with E-state index in [0.717, 1.165) is 16.9 Å².